The highest BCUT2D eigenvalue weighted by Crippen LogP contribution is 2.29. The van der Waals surface area contributed by atoms with E-state index in [-0.39, 0.29) is 12.5 Å². The highest BCUT2D eigenvalue weighted by Gasteiger charge is 2.07. The van der Waals surface area contributed by atoms with Crippen LogP contribution in [0, 0.1) is 6.92 Å². The standard InChI is InChI=1S/C18H22N2O3/c1-13-4-6-14(7-5-13)11-19-12-18(21)20-15-8-9-16(22-2)17(10-15)23-3/h4-10,19H,11-12H2,1-3H3,(H,20,21). The number of hydrogen-bond donors (Lipinski definition) is 2. The van der Waals surface area contributed by atoms with Crippen molar-refractivity contribution in [1.29, 1.82) is 0 Å². The molecule has 0 heterocycles. The maximum Gasteiger partial charge on any atom is 0.238 e. The van der Waals surface area contributed by atoms with Gasteiger partial charge in [0.15, 0.2) is 11.5 Å². The molecule has 0 unspecified atom stereocenters. The minimum Gasteiger partial charge on any atom is -0.493 e. The molecule has 23 heavy (non-hydrogen) atoms. The van der Waals surface area contributed by atoms with Crippen molar-refractivity contribution >= 4 is 11.6 Å². The Labute approximate surface area is 136 Å². The summed E-state index contributed by atoms with van der Waals surface area (Å²) in [6.45, 7) is 2.94. The zero-order valence-electron chi connectivity index (χ0n) is 13.7. The summed E-state index contributed by atoms with van der Waals surface area (Å²) in [5, 5.41) is 5.95. The first-order chi connectivity index (χ1) is 11.1. The average Bonchev–Trinajstić information content (AvgIpc) is 2.56. The molecule has 0 aliphatic heterocycles. The lowest BCUT2D eigenvalue weighted by Crippen LogP contribution is -2.27. The molecule has 0 bridgehead atoms. The Hall–Kier alpha value is -2.53. The number of nitrogens with one attached hydrogen (secondary N) is 2. The van der Waals surface area contributed by atoms with E-state index in [2.05, 4.69) is 34.9 Å². The third-order valence-corrected chi connectivity index (χ3v) is 3.40. The number of rotatable bonds is 7. The van der Waals surface area contributed by atoms with E-state index in [1.807, 2.05) is 6.92 Å². The Morgan fingerprint density at radius 3 is 2.35 bits per heavy atom. The molecule has 0 fully saturated rings. The van der Waals surface area contributed by atoms with Gasteiger partial charge in [-0.15, -0.1) is 0 Å². The summed E-state index contributed by atoms with van der Waals surface area (Å²) < 4.78 is 10.4. The van der Waals surface area contributed by atoms with E-state index in [1.165, 1.54) is 5.56 Å². The highest BCUT2D eigenvalue weighted by molar-refractivity contribution is 5.92. The molecular formula is C18H22N2O3. The van der Waals surface area contributed by atoms with Crippen molar-refractivity contribution in [2.75, 3.05) is 26.1 Å². The zero-order chi connectivity index (χ0) is 16.7. The van der Waals surface area contributed by atoms with Crippen molar-refractivity contribution in [2.45, 2.75) is 13.5 Å². The minimum atomic E-state index is -0.107. The van der Waals surface area contributed by atoms with E-state index < -0.39 is 0 Å². The smallest absolute Gasteiger partial charge is 0.238 e. The van der Waals surface area contributed by atoms with Crippen LogP contribution in [-0.2, 0) is 11.3 Å². The van der Waals surface area contributed by atoms with Gasteiger partial charge in [-0.1, -0.05) is 29.8 Å². The average molecular weight is 314 g/mol. The number of methoxy groups -OCH3 is 2. The number of aryl methyl sites for hydroxylation is 1. The van der Waals surface area contributed by atoms with Gasteiger partial charge in [-0.05, 0) is 24.6 Å². The summed E-state index contributed by atoms with van der Waals surface area (Å²) in [5.41, 5.74) is 3.04. The fraction of sp³-hybridized carbons (Fsp3) is 0.278. The Balaban J connectivity index is 1.83. The second-order valence-electron chi connectivity index (χ2n) is 5.21. The number of benzene rings is 2. The maximum atomic E-state index is 12.0. The van der Waals surface area contributed by atoms with E-state index in [9.17, 15) is 4.79 Å². The molecule has 2 N–H and O–H groups in total. The van der Waals surface area contributed by atoms with Gasteiger partial charge in [-0.3, -0.25) is 4.79 Å². The van der Waals surface area contributed by atoms with Crippen LogP contribution in [0.2, 0.25) is 0 Å². The number of ether oxygens (including phenoxy) is 2. The molecule has 5 nitrogen and oxygen atoms in total. The third-order valence-electron chi connectivity index (χ3n) is 3.40. The Kier molecular flexibility index (Phi) is 6.00. The normalized spacial score (nSPS) is 10.2. The topological polar surface area (TPSA) is 59.6 Å². The summed E-state index contributed by atoms with van der Waals surface area (Å²) in [6, 6.07) is 13.5. The van der Waals surface area contributed by atoms with E-state index in [4.69, 9.17) is 9.47 Å². The number of carbonyl (C=O) groups is 1. The highest BCUT2D eigenvalue weighted by atomic mass is 16.5. The molecule has 0 aromatic heterocycles. The molecule has 0 spiro atoms. The summed E-state index contributed by atoms with van der Waals surface area (Å²) in [7, 11) is 3.14. The van der Waals surface area contributed by atoms with Crippen molar-refractivity contribution < 1.29 is 14.3 Å². The van der Waals surface area contributed by atoms with Crippen molar-refractivity contribution in [3.63, 3.8) is 0 Å². The predicted molar refractivity (Wildman–Crippen MR) is 91.1 cm³/mol. The quantitative estimate of drug-likeness (QED) is 0.825. The number of anilines is 1. The van der Waals surface area contributed by atoms with Gasteiger partial charge in [0.2, 0.25) is 5.91 Å². The Bertz CT molecular complexity index is 654. The van der Waals surface area contributed by atoms with Gasteiger partial charge in [0.1, 0.15) is 0 Å². The van der Waals surface area contributed by atoms with Crippen LogP contribution < -0.4 is 20.1 Å². The summed E-state index contributed by atoms with van der Waals surface area (Å²) >= 11 is 0. The van der Waals surface area contributed by atoms with Crippen LogP contribution in [0.5, 0.6) is 11.5 Å². The van der Waals surface area contributed by atoms with E-state index in [1.54, 1.807) is 32.4 Å². The van der Waals surface area contributed by atoms with E-state index in [0.717, 1.165) is 5.56 Å². The molecule has 122 valence electrons. The monoisotopic (exact) mass is 314 g/mol. The van der Waals surface area contributed by atoms with Crippen molar-refractivity contribution in [3.05, 3.63) is 53.6 Å². The molecule has 0 saturated heterocycles. The molecule has 1 amide bonds. The summed E-state index contributed by atoms with van der Waals surface area (Å²) in [6.07, 6.45) is 0. The molecule has 0 aliphatic carbocycles. The van der Waals surface area contributed by atoms with Gasteiger partial charge >= 0.3 is 0 Å². The Morgan fingerprint density at radius 1 is 1.00 bits per heavy atom. The molecule has 0 radical (unpaired) electrons. The van der Waals surface area contributed by atoms with Crippen LogP contribution in [0.15, 0.2) is 42.5 Å². The van der Waals surface area contributed by atoms with Crippen LogP contribution in [-0.4, -0.2) is 26.7 Å². The lowest BCUT2D eigenvalue weighted by Gasteiger charge is -2.11. The minimum absolute atomic E-state index is 0.107. The molecule has 2 aromatic carbocycles. The second kappa shape index (κ2) is 8.19. The van der Waals surface area contributed by atoms with Gasteiger partial charge in [0.05, 0.1) is 20.8 Å². The lowest BCUT2D eigenvalue weighted by atomic mass is 10.1. The first-order valence-corrected chi connectivity index (χ1v) is 7.40. The van der Waals surface area contributed by atoms with Crippen LogP contribution in [0.3, 0.4) is 0 Å². The molecular weight excluding hydrogens is 292 g/mol. The van der Waals surface area contributed by atoms with Crippen LogP contribution in [0.25, 0.3) is 0 Å². The fourth-order valence-electron chi connectivity index (χ4n) is 2.15. The van der Waals surface area contributed by atoms with Crippen molar-refractivity contribution in [2.24, 2.45) is 0 Å². The van der Waals surface area contributed by atoms with Crippen LogP contribution >= 0.6 is 0 Å². The molecule has 2 aromatic rings. The fourth-order valence-corrected chi connectivity index (χ4v) is 2.15. The maximum absolute atomic E-state index is 12.0. The number of hydrogen-bond acceptors (Lipinski definition) is 4. The predicted octanol–water partition coefficient (Wildman–Crippen LogP) is 2.74. The lowest BCUT2D eigenvalue weighted by molar-refractivity contribution is -0.115. The molecule has 0 atom stereocenters. The third kappa shape index (κ3) is 5.00. The van der Waals surface area contributed by atoms with Crippen LogP contribution in [0.4, 0.5) is 5.69 Å². The van der Waals surface area contributed by atoms with Crippen LogP contribution in [0.1, 0.15) is 11.1 Å². The largest absolute Gasteiger partial charge is 0.493 e. The second-order valence-corrected chi connectivity index (χ2v) is 5.21. The van der Waals surface area contributed by atoms with Gasteiger partial charge in [-0.2, -0.15) is 0 Å². The SMILES string of the molecule is COc1ccc(NC(=O)CNCc2ccc(C)cc2)cc1OC. The van der Waals surface area contributed by atoms with Crippen molar-refractivity contribution in [3.8, 4) is 11.5 Å². The van der Waals surface area contributed by atoms with Gasteiger partial charge in [-0.25, -0.2) is 0 Å². The van der Waals surface area contributed by atoms with Gasteiger partial charge < -0.3 is 20.1 Å². The molecule has 5 heteroatoms. The molecule has 0 saturated carbocycles. The van der Waals surface area contributed by atoms with E-state index >= 15 is 0 Å². The zero-order valence-corrected chi connectivity index (χ0v) is 13.7. The van der Waals surface area contributed by atoms with E-state index in [0.29, 0.717) is 23.7 Å². The molecule has 0 aliphatic rings. The Morgan fingerprint density at radius 2 is 1.70 bits per heavy atom. The summed E-state index contributed by atoms with van der Waals surface area (Å²) in [4.78, 5) is 12.0. The first kappa shape index (κ1) is 16.8. The van der Waals surface area contributed by atoms with Gasteiger partial charge in [0, 0.05) is 18.3 Å². The molecule has 2 rings (SSSR count). The summed E-state index contributed by atoms with van der Waals surface area (Å²) in [5.74, 6) is 1.10. The number of carbonyl (C=O) groups excluding carboxylic acids is 1. The first-order valence-electron chi connectivity index (χ1n) is 7.40. The van der Waals surface area contributed by atoms with Gasteiger partial charge in [0.25, 0.3) is 0 Å². The van der Waals surface area contributed by atoms with Crippen molar-refractivity contribution in [1.82, 2.24) is 5.32 Å². The number of amides is 1.